The van der Waals surface area contributed by atoms with E-state index in [1.54, 1.807) is 0 Å². The van der Waals surface area contributed by atoms with Gasteiger partial charge in [0.05, 0.1) is 11.0 Å². The maximum atomic E-state index is 12.6. The minimum atomic E-state index is -2.96. The van der Waals surface area contributed by atoms with E-state index >= 15 is 0 Å². The molecule has 1 N–H and O–H groups in total. The molecule has 0 aliphatic heterocycles. The highest BCUT2D eigenvalue weighted by atomic mass is 32.2. The van der Waals surface area contributed by atoms with Gasteiger partial charge in [-0.3, -0.25) is 0 Å². The van der Waals surface area contributed by atoms with Crippen molar-refractivity contribution in [2.45, 2.75) is 77.5 Å². The summed E-state index contributed by atoms with van der Waals surface area (Å²) in [5, 5.41) is 3.33. The lowest BCUT2D eigenvalue weighted by molar-refractivity contribution is 0.171. The van der Waals surface area contributed by atoms with Gasteiger partial charge in [0.1, 0.15) is 0 Å². The fourth-order valence-electron chi connectivity index (χ4n) is 3.18. The van der Waals surface area contributed by atoms with Crippen LogP contribution in [0.1, 0.15) is 66.2 Å². The minimum absolute atomic E-state index is 0.0807. The van der Waals surface area contributed by atoms with E-state index in [-0.39, 0.29) is 16.7 Å². The molecule has 0 spiro atoms. The molecule has 2 atom stereocenters. The lowest BCUT2D eigenvalue weighted by Crippen LogP contribution is -2.55. The van der Waals surface area contributed by atoms with Crippen LogP contribution >= 0.6 is 0 Å². The fraction of sp³-hybridized carbons (Fsp3) is 1.00. The van der Waals surface area contributed by atoms with E-state index in [1.165, 1.54) is 0 Å². The van der Waals surface area contributed by atoms with E-state index in [4.69, 9.17) is 0 Å². The van der Waals surface area contributed by atoms with Crippen molar-refractivity contribution in [3.8, 4) is 0 Å². The van der Waals surface area contributed by atoms with Gasteiger partial charge in [-0.25, -0.2) is 8.42 Å². The largest absolute Gasteiger partial charge is 0.312 e. The third-order valence-electron chi connectivity index (χ3n) is 4.38. The van der Waals surface area contributed by atoms with E-state index in [9.17, 15) is 8.42 Å². The summed E-state index contributed by atoms with van der Waals surface area (Å²) in [4.78, 5) is 0. The van der Waals surface area contributed by atoms with Crippen LogP contribution in [0.4, 0.5) is 0 Å². The number of unbranched alkanes of at least 4 members (excludes halogenated alkanes) is 1. The van der Waals surface area contributed by atoms with Gasteiger partial charge in [-0.2, -0.15) is 0 Å². The van der Waals surface area contributed by atoms with Crippen LogP contribution in [0, 0.1) is 5.41 Å². The van der Waals surface area contributed by atoms with Gasteiger partial charge in [0.25, 0.3) is 0 Å². The average molecular weight is 289 g/mol. The summed E-state index contributed by atoms with van der Waals surface area (Å²) in [6.07, 6.45) is 5.77. The van der Waals surface area contributed by atoms with Crippen molar-refractivity contribution in [1.82, 2.24) is 5.32 Å². The maximum absolute atomic E-state index is 12.6. The van der Waals surface area contributed by atoms with Crippen LogP contribution in [0.5, 0.6) is 0 Å². The predicted molar refractivity (Wildman–Crippen MR) is 82.2 cm³/mol. The third-order valence-corrected chi connectivity index (χ3v) is 6.67. The molecule has 1 aliphatic rings. The molecule has 0 heterocycles. The van der Waals surface area contributed by atoms with Gasteiger partial charge in [0, 0.05) is 6.04 Å². The van der Waals surface area contributed by atoms with Gasteiger partial charge < -0.3 is 5.32 Å². The molecule has 0 saturated heterocycles. The number of hydrogen-bond donors (Lipinski definition) is 1. The molecule has 0 aromatic carbocycles. The lowest BCUT2D eigenvalue weighted by Gasteiger charge is -2.44. The van der Waals surface area contributed by atoms with Gasteiger partial charge >= 0.3 is 0 Å². The zero-order valence-electron chi connectivity index (χ0n) is 13.0. The first-order chi connectivity index (χ1) is 8.85. The quantitative estimate of drug-likeness (QED) is 0.783. The third kappa shape index (κ3) is 4.45. The zero-order valence-corrected chi connectivity index (χ0v) is 13.9. The van der Waals surface area contributed by atoms with E-state index in [0.29, 0.717) is 5.75 Å². The van der Waals surface area contributed by atoms with Gasteiger partial charge in [0.2, 0.25) is 0 Å². The van der Waals surface area contributed by atoms with Crippen molar-refractivity contribution in [3.63, 3.8) is 0 Å². The fourth-order valence-corrected chi connectivity index (χ4v) is 5.57. The Balaban J connectivity index is 2.88. The van der Waals surface area contributed by atoms with E-state index in [0.717, 1.165) is 45.1 Å². The molecule has 1 rings (SSSR count). The van der Waals surface area contributed by atoms with Crippen LogP contribution in [0.3, 0.4) is 0 Å². The second-order valence-corrected chi connectivity index (χ2v) is 8.91. The Kier molecular flexibility index (Phi) is 6.31. The van der Waals surface area contributed by atoms with E-state index < -0.39 is 9.84 Å². The van der Waals surface area contributed by atoms with Crippen molar-refractivity contribution in [2.75, 3.05) is 12.3 Å². The Hall–Kier alpha value is -0.0900. The molecule has 19 heavy (non-hydrogen) atoms. The summed E-state index contributed by atoms with van der Waals surface area (Å²) in [6.45, 7) is 9.51. The predicted octanol–water partition coefficient (Wildman–Crippen LogP) is 3.15. The molecule has 114 valence electrons. The van der Waals surface area contributed by atoms with Crippen LogP contribution in [-0.2, 0) is 9.84 Å². The second-order valence-electron chi connectivity index (χ2n) is 6.57. The van der Waals surface area contributed by atoms with Crippen LogP contribution in [0.15, 0.2) is 0 Å². The first kappa shape index (κ1) is 17.0. The average Bonchev–Trinajstić information content (AvgIpc) is 2.34. The van der Waals surface area contributed by atoms with Crippen LogP contribution in [-0.4, -0.2) is 32.0 Å². The normalized spacial score (nSPS) is 27.4. The standard InChI is InChI=1S/C15H31NO2S/c1-5-7-12-19(17,18)13-9-8-10-15(3,4)14(13)16-11-6-2/h13-14,16H,5-12H2,1-4H3. The number of nitrogens with one attached hydrogen (secondary N) is 1. The molecule has 1 saturated carbocycles. The van der Waals surface area contributed by atoms with Crippen molar-refractivity contribution in [2.24, 2.45) is 5.41 Å². The highest BCUT2D eigenvalue weighted by molar-refractivity contribution is 7.92. The van der Waals surface area contributed by atoms with Gasteiger partial charge in [0.15, 0.2) is 9.84 Å². The topological polar surface area (TPSA) is 46.2 Å². The zero-order chi connectivity index (χ0) is 14.5. The summed E-state index contributed by atoms with van der Waals surface area (Å²) in [6, 6.07) is 0.114. The monoisotopic (exact) mass is 289 g/mol. The molecule has 0 aromatic heterocycles. The minimum Gasteiger partial charge on any atom is -0.312 e. The van der Waals surface area contributed by atoms with Crippen LogP contribution < -0.4 is 5.32 Å². The van der Waals surface area contributed by atoms with Crippen LogP contribution in [0.2, 0.25) is 0 Å². The highest BCUT2D eigenvalue weighted by Crippen LogP contribution is 2.38. The molecule has 0 radical (unpaired) electrons. The molecule has 3 nitrogen and oxygen atoms in total. The first-order valence-electron chi connectivity index (χ1n) is 7.80. The molecule has 1 aliphatic carbocycles. The Labute approximate surface area is 119 Å². The molecule has 0 bridgehead atoms. The van der Waals surface area contributed by atoms with Crippen LogP contribution in [0.25, 0.3) is 0 Å². The van der Waals surface area contributed by atoms with Crippen molar-refractivity contribution >= 4 is 9.84 Å². The van der Waals surface area contributed by atoms with E-state index in [1.807, 2.05) is 6.92 Å². The Morgan fingerprint density at radius 3 is 2.47 bits per heavy atom. The second kappa shape index (κ2) is 7.07. The van der Waals surface area contributed by atoms with Gasteiger partial charge in [-0.1, -0.05) is 40.5 Å². The molecule has 1 fully saturated rings. The van der Waals surface area contributed by atoms with Gasteiger partial charge in [-0.15, -0.1) is 0 Å². The van der Waals surface area contributed by atoms with Crippen molar-refractivity contribution < 1.29 is 8.42 Å². The van der Waals surface area contributed by atoms with Crippen molar-refractivity contribution in [1.29, 1.82) is 0 Å². The summed E-state index contributed by atoms with van der Waals surface area (Å²) >= 11 is 0. The SMILES string of the molecule is CCCCS(=O)(=O)C1CCCC(C)(C)C1NCCC. The molecule has 2 unspecified atom stereocenters. The van der Waals surface area contributed by atoms with Crippen molar-refractivity contribution in [3.05, 3.63) is 0 Å². The Morgan fingerprint density at radius 2 is 1.89 bits per heavy atom. The molecule has 0 aromatic rings. The summed E-state index contributed by atoms with van der Waals surface area (Å²) in [5.74, 6) is 0.356. The van der Waals surface area contributed by atoms with Gasteiger partial charge in [-0.05, 0) is 37.6 Å². The Morgan fingerprint density at radius 1 is 1.21 bits per heavy atom. The smallest absolute Gasteiger partial charge is 0.154 e. The molecule has 0 amide bonds. The summed E-state index contributed by atoms with van der Waals surface area (Å²) in [5.41, 5.74) is 0.0807. The molecular weight excluding hydrogens is 258 g/mol. The summed E-state index contributed by atoms with van der Waals surface area (Å²) < 4.78 is 25.1. The number of hydrogen-bond acceptors (Lipinski definition) is 3. The number of sulfone groups is 1. The van der Waals surface area contributed by atoms with E-state index in [2.05, 4.69) is 26.1 Å². The summed E-state index contributed by atoms with van der Waals surface area (Å²) in [7, 11) is -2.96. The highest BCUT2D eigenvalue weighted by Gasteiger charge is 2.44. The molecular formula is C15H31NO2S. The lowest BCUT2D eigenvalue weighted by atomic mass is 9.73. The molecule has 4 heteroatoms. The number of rotatable bonds is 7. The maximum Gasteiger partial charge on any atom is 0.154 e. The first-order valence-corrected chi connectivity index (χ1v) is 9.51. The Bertz CT molecular complexity index is 362.